The molecule has 8 heteroatoms. The van der Waals surface area contributed by atoms with Gasteiger partial charge in [0.25, 0.3) is 0 Å². The van der Waals surface area contributed by atoms with E-state index in [2.05, 4.69) is 4.98 Å². The highest BCUT2D eigenvalue weighted by Crippen LogP contribution is 2.22. The van der Waals surface area contributed by atoms with Crippen LogP contribution in [0, 0.1) is 0 Å². The number of amides is 1. The molecule has 1 aliphatic heterocycles. The summed E-state index contributed by atoms with van der Waals surface area (Å²) in [6.45, 7) is 1.42. The van der Waals surface area contributed by atoms with Crippen LogP contribution in [0.4, 0.5) is 0 Å². The Morgan fingerprint density at radius 3 is 2.65 bits per heavy atom. The van der Waals surface area contributed by atoms with Crippen molar-refractivity contribution >= 4 is 27.5 Å². The molecule has 0 bridgehead atoms. The van der Waals surface area contributed by atoms with Crippen LogP contribution in [0.25, 0.3) is 11.1 Å². The largest absolute Gasteiger partial charge is 0.443 e. The third-order valence-electron chi connectivity index (χ3n) is 3.36. The van der Waals surface area contributed by atoms with Crippen molar-refractivity contribution in [3.63, 3.8) is 0 Å². The Balaban J connectivity index is 1.89. The standard InChI is InChI=1S/C12H13N3O4S/c16-9-14-3-5-15(6-4-14)20(17,18)10-1-2-11-12(7-10)19-8-13-11/h1-2,7-9H,3-6H2. The first-order valence-corrected chi connectivity index (χ1v) is 7.58. The molecular weight excluding hydrogens is 282 g/mol. The molecule has 1 amide bonds. The molecule has 0 aliphatic carbocycles. The zero-order valence-corrected chi connectivity index (χ0v) is 11.4. The van der Waals surface area contributed by atoms with E-state index in [1.165, 1.54) is 22.8 Å². The van der Waals surface area contributed by atoms with E-state index in [-0.39, 0.29) is 4.90 Å². The molecular formula is C12H13N3O4S. The zero-order chi connectivity index (χ0) is 14.2. The molecule has 0 saturated carbocycles. The maximum Gasteiger partial charge on any atom is 0.243 e. The molecule has 1 saturated heterocycles. The van der Waals surface area contributed by atoms with Crippen molar-refractivity contribution in [2.24, 2.45) is 0 Å². The third-order valence-corrected chi connectivity index (χ3v) is 5.26. The third kappa shape index (κ3) is 2.16. The van der Waals surface area contributed by atoms with Gasteiger partial charge in [0.2, 0.25) is 16.4 Å². The summed E-state index contributed by atoms with van der Waals surface area (Å²) >= 11 is 0. The van der Waals surface area contributed by atoms with Gasteiger partial charge in [-0.25, -0.2) is 13.4 Å². The second-order valence-electron chi connectivity index (χ2n) is 4.53. The van der Waals surface area contributed by atoms with Gasteiger partial charge in [0.1, 0.15) is 5.52 Å². The van der Waals surface area contributed by atoms with Crippen LogP contribution in [-0.2, 0) is 14.8 Å². The van der Waals surface area contributed by atoms with Gasteiger partial charge >= 0.3 is 0 Å². The summed E-state index contributed by atoms with van der Waals surface area (Å²) in [5.74, 6) is 0. The highest BCUT2D eigenvalue weighted by atomic mass is 32.2. The number of oxazole rings is 1. The average Bonchev–Trinajstić information content (AvgIpc) is 2.94. The molecule has 1 aromatic carbocycles. The molecule has 0 atom stereocenters. The number of hydrogen-bond donors (Lipinski definition) is 0. The van der Waals surface area contributed by atoms with E-state index in [1.807, 2.05) is 0 Å². The molecule has 2 heterocycles. The summed E-state index contributed by atoms with van der Waals surface area (Å²) in [7, 11) is -3.56. The molecule has 20 heavy (non-hydrogen) atoms. The lowest BCUT2D eigenvalue weighted by Gasteiger charge is -2.31. The van der Waals surface area contributed by atoms with Gasteiger partial charge in [0.05, 0.1) is 4.90 Å². The predicted octanol–water partition coefficient (Wildman–Crippen LogP) is 0.290. The molecule has 2 aromatic rings. The smallest absolute Gasteiger partial charge is 0.243 e. The number of piperazine rings is 1. The van der Waals surface area contributed by atoms with Crippen molar-refractivity contribution in [1.29, 1.82) is 0 Å². The molecule has 0 unspecified atom stereocenters. The highest BCUT2D eigenvalue weighted by molar-refractivity contribution is 7.89. The molecule has 106 valence electrons. The van der Waals surface area contributed by atoms with E-state index in [4.69, 9.17) is 4.42 Å². The normalized spacial score (nSPS) is 17.5. The van der Waals surface area contributed by atoms with Gasteiger partial charge in [-0.05, 0) is 12.1 Å². The van der Waals surface area contributed by atoms with Gasteiger partial charge in [-0.2, -0.15) is 4.31 Å². The second kappa shape index (κ2) is 4.88. The summed E-state index contributed by atoms with van der Waals surface area (Å²) in [5.41, 5.74) is 1.06. The highest BCUT2D eigenvalue weighted by Gasteiger charge is 2.28. The molecule has 0 radical (unpaired) electrons. The summed E-state index contributed by atoms with van der Waals surface area (Å²) < 4.78 is 31.5. The van der Waals surface area contributed by atoms with E-state index in [1.54, 1.807) is 11.0 Å². The van der Waals surface area contributed by atoms with Gasteiger partial charge < -0.3 is 9.32 Å². The number of hydrogen-bond acceptors (Lipinski definition) is 5. The number of sulfonamides is 1. The lowest BCUT2D eigenvalue weighted by molar-refractivity contribution is -0.119. The summed E-state index contributed by atoms with van der Waals surface area (Å²) in [5, 5.41) is 0. The van der Waals surface area contributed by atoms with Crippen LogP contribution in [0.5, 0.6) is 0 Å². The Hall–Kier alpha value is -1.93. The minimum Gasteiger partial charge on any atom is -0.443 e. The number of nitrogens with zero attached hydrogens (tertiary/aromatic N) is 3. The van der Waals surface area contributed by atoms with Crippen LogP contribution in [0.1, 0.15) is 0 Å². The molecule has 3 rings (SSSR count). The molecule has 1 fully saturated rings. The van der Waals surface area contributed by atoms with Gasteiger partial charge in [-0.1, -0.05) is 0 Å². The minimum atomic E-state index is -3.56. The minimum absolute atomic E-state index is 0.182. The number of aromatic nitrogens is 1. The maximum atomic E-state index is 12.5. The Morgan fingerprint density at radius 1 is 1.20 bits per heavy atom. The van der Waals surface area contributed by atoms with Crippen LogP contribution >= 0.6 is 0 Å². The Labute approximate surface area is 115 Å². The fraction of sp³-hybridized carbons (Fsp3) is 0.333. The molecule has 7 nitrogen and oxygen atoms in total. The van der Waals surface area contributed by atoms with Crippen LogP contribution in [0.15, 0.2) is 33.9 Å². The lowest BCUT2D eigenvalue weighted by Crippen LogP contribution is -2.47. The fourth-order valence-corrected chi connectivity index (χ4v) is 3.63. The van der Waals surface area contributed by atoms with E-state index >= 15 is 0 Å². The van der Waals surface area contributed by atoms with Crippen molar-refractivity contribution in [2.75, 3.05) is 26.2 Å². The van der Waals surface area contributed by atoms with Gasteiger partial charge in [0, 0.05) is 32.2 Å². The van der Waals surface area contributed by atoms with E-state index in [9.17, 15) is 13.2 Å². The SMILES string of the molecule is O=CN1CCN(S(=O)(=O)c2ccc3ncoc3c2)CC1. The first-order chi connectivity index (χ1) is 9.61. The Morgan fingerprint density at radius 2 is 1.95 bits per heavy atom. The zero-order valence-electron chi connectivity index (χ0n) is 10.6. The van der Waals surface area contributed by atoms with Crippen LogP contribution < -0.4 is 0 Å². The number of benzene rings is 1. The first kappa shape index (κ1) is 13.1. The summed E-state index contributed by atoms with van der Waals surface area (Å²) in [6, 6.07) is 4.61. The first-order valence-electron chi connectivity index (χ1n) is 6.14. The van der Waals surface area contributed by atoms with Crippen molar-refractivity contribution in [2.45, 2.75) is 4.90 Å². The molecule has 1 aromatic heterocycles. The van der Waals surface area contributed by atoms with Crippen molar-refractivity contribution in [1.82, 2.24) is 14.2 Å². The Bertz CT molecular complexity index is 732. The summed E-state index contributed by atoms with van der Waals surface area (Å²) in [6.07, 6.45) is 2.02. The lowest BCUT2D eigenvalue weighted by atomic mass is 10.3. The quantitative estimate of drug-likeness (QED) is 0.760. The fourth-order valence-electron chi connectivity index (χ4n) is 2.19. The topological polar surface area (TPSA) is 83.7 Å². The number of carbonyl (C=O) groups excluding carboxylic acids is 1. The van der Waals surface area contributed by atoms with Gasteiger partial charge in [0.15, 0.2) is 12.0 Å². The predicted molar refractivity (Wildman–Crippen MR) is 70.4 cm³/mol. The monoisotopic (exact) mass is 295 g/mol. The van der Waals surface area contributed by atoms with E-state index in [0.717, 1.165) is 6.41 Å². The van der Waals surface area contributed by atoms with E-state index < -0.39 is 10.0 Å². The van der Waals surface area contributed by atoms with Gasteiger partial charge in [-0.3, -0.25) is 4.79 Å². The Kier molecular flexibility index (Phi) is 3.19. The number of carbonyl (C=O) groups is 1. The molecule has 0 N–H and O–H groups in total. The molecule has 0 spiro atoms. The maximum absolute atomic E-state index is 12.5. The van der Waals surface area contributed by atoms with Gasteiger partial charge in [-0.15, -0.1) is 0 Å². The molecule has 1 aliphatic rings. The van der Waals surface area contributed by atoms with Crippen LogP contribution in [0.3, 0.4) is 0 Å². The number of rotatable bonds is 3. The second-order valence-corrected chi connectivity index (χ2v) is 6.47. The van der Waals surface area contributed by atoms with Crippen molar-refractivity contribution in [3.05, 3.63) is 24.6 Å². The van der Waals surface area contributed by atoms with Crippen molar-refractivity contribution < 1.29 is 17.6 Å². The number of fused-ring (bicyclic) bond motifs is 1. The summed E-state index contributed by atoms with van der Waals surface area (Å²) in [4.78, 5) is 16.3. The average molecular weight is 295 g/mol. The van der Waals surface area contributed by atoms with E-state index in [0.29, 0.717) is 37.3 Å². The van der Waals surface area contributed by atoms with Crippen LogP contribution in [-0.4, -0.2) is 55.2 Å². The van der Waals surface area contributed by atoms with Crippen molar-refractivity contribution in [3.8, 4) is 0 Å². The van der Waals surface area contributed by atoms with Crippen LogP contribution in [0.2, 0.25) is 0 Å².